The lowest BCUT2D eigenvalue weighted by Gasteiger charge is -2.21. The number of benzene rings is 1. The number of hydrogen-bond donors (Lipinski definition) is 0. The van der Waals surface area contributed by atoms with Gasteiger partial charge < -0.3 is 0 Å². The maximum Gasteiger partial charge on any atom is 0.281 e. The zero-order valence-corrected chi connectivity index (χ0v) is 19.1. The predicted molar refractivity (Wildman–Crippen MR) is 119 cm³/mol. The Bertz CT molecular complexity index is 1180. The van der Waals surface area contributed by atoms with Gasteiger partial charge in [0, 0.05) is 57.1 Å². The van der Waals surface area contributed by atoms with Crippen molar-refractivity contribution < 1.29 is 13.2 Å². The Morgan fingerprint density at radius 1 is 1.03 bits per heavy atom. The monoisotopic (exact) mass is 428 g/mol. The third kappa shape index (κ3) is 4.16. The second-order valence-electron chi connectivity index (χ2n) is 8.59. The molecular weight excluding hydrogens is 400 g/mol. The minimum absolute atomic E-state index is 0.0521. The van der Waals surface area contributed by atoms with Crippen LogP contribution in [0.4, 0.5) is 0 Å². The molecule has 0 bridgehead atoms. The molecule has 0 radical (unpaired) electrons. The zero-order chi connectivity index (χ0) is 22.3. The molecule has 0 aliphatic heterocycles. The number of hydrogen-bond acceptors (Lipinski definition) is 4. The van der Waals surface area contributed by atoms with E-state index in [-0.39, 0.29) is 12.5 Å². The van der Waals surface area contributed by atoms with E-state index in [2.05, 4.69) is 4.98 Å². The van der Waals surface area contributed by atoms with Crippen LogP contribution < -0.4 is 0 Å². The maximum absolute atomic E-state index is 13.1. The summed E-state index contributed by atoms with van der Waals surface area (Å²) in [6.07, 6.45) is 5.22. The predicted octanol–water partition coefficient (Wildman–Crippen LogP) is 3.63. The van der Waals surface area contributed by atoms with E-state index in [0.717, 1.165) is 27.6 Å². The van der Waals surface area contributed by atoms with Gasteiger partial charge in [-0.25, -0.2) is 0 Å². The molecule has 3 rings (SSSR count). The second-order valence-corrected chi connectivity index (χ2v) is 10.8. The fourth-order valence-corrected chi connectivity index (χ4v) is 4.14. The van der Waals surface area contributed by atoms with Crippen LogP contribution in [0.1, 0.15) is 31.1 Å². The first-order valence-corrected chi connectivity index (χ1v) is 11.1. The number of pyridine rings is 1. The Hall–Kier alpha value is -2.55. The molecule has 0 saturated carbocycles. The van der Waals surface area contributed by atoms with Crippen LogP contribution in [0.25, 0.3) is 22.0 Å². The smallest absolute Gasteiger partial charge is 0.281 e. The molecule has 0 amide bonds. The molecular formula is C22H28N4O3S. The van der Waals surface area contributed by atoms with Crippen LogP contribution in [0.2, 0.25) is 0 Å². The molecule has 0 aliphatic carbocycles. The van der Waals surface area contributed by atoms with E-state index >= 15 is 0 Å². The molecule has 3 aromatic rings. The highest BCUT2D eigenvalue weighted by Gasteiger charge is 2.27. The molecule has 30 heavy (non-hydrogen) atoms. The van der Waals surface area contributed by atoms with Gasteiger partial charge in [-0.15, -0.1) is 0 Å². The van der Waals surface area contributed by atoms with Crippen LogP contribution in [0, 0.1) is 5.41 Å². The molecule has 2 aromatic heterocycles. The van der Waals surface area contributed by atoms with Crippen molar-refractivity contribution in [2.45, 2.75) is 27.3 Å². The lowest BCUT2D eigenvalue weighted by atomic mass is 9.95. The highest BCUT2D eigenvalue weighted by molar-refractivity contribution is 7.86. The minimum atomic E-state index is -3.57. The number of rotatable bonds is 5. The highest BCUT2D eigenvalue weighted by atomic mass is 32.2. The van der Waals surface area contributed by atoms with Gasteiger partial charge >= 0.3 is 0 Å². The summed E-state index contributed by atoms with van der Waals surface area (Å²) in [5, 5.41) is 0.853. The quantitative estimate of drug-likeness (QED) is 0.622. The molecule has 0 unspecified atom stereocenters. The van der Waals surface area contributed by atoms with Crippen molar-refractivity contribution in [2.75, 3.05) is 21.1 Å². The molecule has 1 aromatic carbocycles. The highest BCUT2D eigenvalue weighted by Crippen LogP contribution is 2.31. The van der Waals surface area contributed by atoms with Crippen molar-refractivity contribution in [1.82, 2.24) is 18.2 Å². The van der Waals surface area contributed by atoms with Crippen molar-refractivity contribution in [3.05, 3.63) is 54.5 Å². The summed E-state index contributed by atoms with van der Waals surface area (Å²) < 4.78 is 29.1. The van der Waals surface area contributed by atoms with Gasteiger partial charge in [0.25, 0.3) is 10.2 Å². The number of fused-ring (bicyclic) bond motifs is 1. The molecule has 0 atom stereocenters. The van der Waals surface area contributed by atoms with Gasteiger partial charge in [0.2, 0.25) is 5.91 Å². The second kappa shape index (κ2) is 7.94. The van der Waals surface area contributed by atoms with Gasteiger partial charge in [-0.3, -0.25) is 14.3 Å². The number of aromatic nitrogens is 2. The van der Waals surface area contributed by atoms with Crippen molar-refractivity contribution >= 4 is 27.0 Å². The lowest BCUT2D eigenvalue weighted by Crippen LogP contribution is -2.36. The van der Waals surface area contributed by atoms with E-state index < -0.39 is 15.6 Å². The van der Waals surface area contributed by atoms with Crippen molar-refractivity contribution in [1.29, 1.82) is 0 Å². The Morgan fingerprint density at radius 2 is 1.67 bits per heavy atom. The molecule has 0 fully saturated rings. The SMILES string of the molecule is CN(C)S(=O)(=O)N(C)Cc1cn(C(=O)C(C)(C)C)c2cc(-c3ccncc3)ccc12. The first kappa shape index (κ1) is 22.1. The van der Waals surface area contributed by atoms with Crippen LogP contribution in [0.3, 0.4) is 0 Å². The van der Waals surface area contributed by atoms with E-state index in [1.54, 1.807) is 23.2 Å². The molecule has 0 saturated heterocycles. The molecule has 0 N–H and O–H groups in total. The summed E-state index contributed by atoms with van der Waals surface area (Å²) in [4.78, 5) is 17.2. The van der Waals surface area contributed by atoms with Gasteiger partial charge in [0.1, 0.15) is 0 Å². The summed E-state index contributed by atoms with van der Waals surface area (Å²) in [6, 6.07) is 9.73. The molecule has 160 valence electrons. The minimum Gasteiger partial charge on any atom is -0.286 e. The van der Waals surface area contributed by atoms with E-state index in [1.165, 1.54) is 29.8 Å². The third-order valence-corrected chi connectivity index (χ3v) is 6.85. The fourth-order valence-electron chi connectivity index (χ4n) is 3.28. The van der Waals surface area contributed by atoms with Gasteiger partial charge in [-0.2, -0.15) is 17.0 Å². The summed E-state index contributed by atoms with van der Waals surface area (Å²) in [6.45, 7) is 5.78. The largest absolute Gasteiger partial charge is 0.286 e. The third-order valence-electron chi connectivity index (χ3n) is 5.01. The summed E-state index contributed by atoms with van der Waals surface area (Å²) >= 11 is 0. The van der Waals surface area contributed by atoms with Gasteiger partial charge in [0.05, 0.1) is 5.52 Å². The van der Waals surface area contributed by atoms with Crippen molar-refractivity contribution in [2.24, 2.45) is 5.41 Å². The number of carbonyl (C=O) groups is 1. The topological polar surface area (TPSA) is 75.5 Å². The van der Waals surface area contributed by atoms with E-state index in [4.69, 9.17) is 0 Å². The van der Waals surface area contributed by atoms with Crippen molar-refractivity contribution in [3.63, 3.8) is 0 Å². The Kier molecular flexibility index (Phi) is 5.86. The average molecular weight is 429 g/mol. The Labute approximate surface area is 178 Å². The van der Waals surface area contributed by atoms with Gasteiger partial charge in [-0.05, 0) is 34.9 Å². The normalized spacial score (nSPS) is 12.8. The lowest BCUT2D eigenvalue weighted by molar-refractivity contribution is 0.0772. The van der Waals surface area contributed by atoms with Crippen molar-refractivity contribution in [3.8, 4) is 11.1 Å². The zero-order valence-electron chi connectivity index (χ0n) is 18.2. The van der Waals surface area contributed by atoms with Crippen LogP contribution in [0.5, 0.6) is 0 Å². The number of nitrogens with zero attached hydrogens (tertiary/aromatic N) is 4. The van der Waals surface area contributed by atoms with E-state index in [9.17, 15) is 13.2 Å². The molecule has 0 aliphatic rings. The standard InChI is InChI=1S/C22H28N4O3S/c1-22(2,3)21(27)26-15-18(14-25(6)30(28,29)24(4)5)19-8-7-17(13-20(19)26)16-9-11-23-12-10-16/h7-13,15H,14H2,1-6H3. The van der Waals surface area contributed by atoms with Gasteiger partial charge in [0.15, 0.2) is 0 Å². The van der Waals surface area contributed by atoms with Crippen LogP contribution in [0.15, 0.2) is 48.9 Å². The van der Waals surface area contributed by atoms with Gasteiger partial charge in [-0.1, -0.05) is 32.9 Å². The van der Waals surface area contributed by atoms with E-state index in [1.807, 2.05) is 51.1 Å². The molecule has 8 heteroatoms. The van der Waals surface area contributed by atoms with Crippen LogP contribution in [-0.2, 0) is 16.8 Å². The molecule has 7 nitrogen and oxygen atoms in total. The summed E-state index contributed by atoms with van der Waals surface area (Å²) in [5.74, 6) is -0.0521. The summed E-state index contributed by atoms with van der Waals surface area (Å²) in [5.41, 5.74) is 2.91. The van der Waals surface area contributed by atoms with Crippen LogP contribution >= 0.6 is 0 Å². The average Bonchev–Trinajstić information content (AvgIpc) is 3.04. The summed E-state index contributed by atoms with van der Waals surface area (Å²) in [7, 11) is 0.967. The number of carbonyl (C=O) groups excluding carboxylic acids is 1. The first-order chi connectivity index (χ1) is 13.9. The molecule has 2 heterocycles. The van der Waals surface area contributed by atoms with Crippen LogP contribution in [-0.4, -0.2) is 53.6 Å². The Morgan fingerprint density at radius 3 is 2.23 bits per heavy atom. The maximum atomic E-state index is 13.1. The van der Waals surface area contributed by atoms with E-state index in [0.29, 0.717) is 0 Å². The fraction of sp³-hybridized carbons (Fsp3) is 0.364. The Balaban J connectivity index is 2.16. The first-order valence-electron chi connectivity index (χ1n) is 9.66. The molecule has 0 spiro atoms.